The van der Waals surface area contributed by atoms with E-state index in [1.165, 1.54) is 12.4 Å². The number of carbonyl (C=O) groups is 1. The Hall–Kier alpha value is -2.16. The van der Waals surface area contributed by atoms with Gasteiger partial charge in [-0.25, -0.2) is 4.79 Å². The van der Waals surface area contributed by atoms with Gasteiger partial charge in [0.15, 0.2) is 0 Å². The van der Waals surface area contributed by atoms with Crippen LogP contribution in [0.1, 0.15) is 52.5 Å². The standard InChI is InChI=1S/C19H31N5O4/c1-19(2,3)28-18(25)22-10-4-15(5-11-22)13-21-8-6-16(7-9-21)23-14-17(12-20-23)24(26)27/h12,14-16H,4-11,13H2,1-3H3. The van der Waals surface area contributed by atoms with Crippen molar-refractivity contribution in [3.8, 4) is 0 Å². The molecule has 2 aliphatic rings. The highest BCUT2D eigenvalue weighted by Gasteiger charge is 2.29. The third-order valence-corrected chi connectivity index (χ3v) is 5.51. The number of nitrogens with zero attached hydrogens (tertiary/aromatic N) is 5. The predicted octanol–water partition coefficient (Wildman–Crippen LogP) is 3.08. The van der Waals surface area contributed by atoms with Crippen molar-refractivity contribution in [2.24, 2.45) is 5.92 Å². The fourth-order valence-corrected chi connectivity index (χ4v) is 3.98. The van der Waals surface area contributed by atoms with Gasteiger partial charge in [0.25, 0.3) is 0 Å². The first-order valence-electron chi connectivity index (χ1n) is 10.1. The Bertz CT molecular complexity index is 683. The Balaban J connectivity index is 1.40. The summed E-state index contributed by atoms with van der Waals surface area (Å²) in [6.07, 6.45) is 6.57. The molecule has 0 atom stereocenters. The van der Waals surface area contributed by atoms with Crippen molar-refractivity contribution in [2.75, 3.05) is 32.7 Å². The molecule has 1 amide bonds. The van der Waals surface area contributed by atoms with Crippen LogP contribution in [0, 0.1) is 16.0 Å². The van der Waals surface area contributed by atoms with Gasteiger partial charge < -0.3 is 14.5 Å². The third kappa shape index (κ3) is 5.43. The number of hydrogen-bond acceptors (Lipinski definition) is 6. The Labute approximate surface area is 165 Å². The molecule has 156 valence electrons. The number of amides is 1. The molecule has 0 N–H and O–H groups in total. The van der Waals surface area contributed by atoms with Gasteiger partial charge in [0.2, 0.25) is 0 Å². The lowest BCUT2D eigenvalue weighted by Gasteiger charge is -2.38. The predicted molar refractivity (Wildman–Crippen MR) is 104 cm³/mol. The zero-order valence-corrected chi connectivity index (χ0v) is 17.0. The molecule has 3 heterocycles. The highest BCUT2D eigenvalue weighted by Crippen LogP contribution is 2.26. The molecule has 28 heavy (non-hydrogen) atoms. The van der Waals surface area contributed by atoms with Gasteiger partial charge in [-0.1, -0.05) is 0 Å². The number of rotatable bonds is 4. The quantitative estimate of drug-likeness (QED) is 0.576. The largest absolute Gasteiger partial charge is 0.444 e. The first-order valence-corrected chi connectivity index (χ1v) is 10.1. The van der Waals surface area contributed by atoms with Crippen molar-refractivity contribution < 1.29 is 14.5 Å². The molecule has 1 aromatic rings. The second kappa shape index (κ2) is 8.46. The first-order chi connectivity index (χ1) is 13.2. The van der Waals surface area contributed by atoms with E-state index < -0.39 is 10.5 Å². The first kappa shape index (κ1) is 20.6. The zero-order valence-electron chi connectivity index (χ0n) is 17.0. The van der Waals surface area contributed by atoms with Gasteiger partial charge >= 0.3 is 11.8 Å². The van der Waals surface area contributed by atoms with Gasteiger partial charge in [-0.15, -0.1) is 0 Å². The third-order valence-electron chi connectivity index (χ3n) is 5.51. The summed E-state index contributed by atoms with van der Waals surface area (Å²) in [6.45, 7) is 10.2. The van der Waals surface area contributed by atoms with E-state index in [-0.39, 0.29) is 17.8 Å². The van der Waals surface area contributed by atoms with Gasteiger partial charge in [-0.2, -0.15) is 5.10 Å². The van der Waals surface area contributed by atoms with Crippen LogP contribution in [0.4, 0.5) is 10.5 Å². The van der Waals surface area contributed by atoms with Crippen LogP contribution in [0.15, 0.2) is 12.4 Å². The molecule has 0 unspecified atom stereocenters. The van der Waals surface area contributed by atoms with Crippen molar-refractivity contribution >= 4 is 11.8 Å². The number of likely N-dealkylation sites (tertiary alicyclic amines) is 2. The van der Waals surface area contributed by atoms with Gasteiger partial charge in [0.1, 0.15) is 18.0 Å². The van der Waals surface area contributed by atoms with E-state index in [0.29, 0.717) is 5.92 Å². The van der Waals surface area contributed by atoms with Gasteiger partial charge in [0.05, 0.1) is 11.0 Å². The van der Waals surface area contributed by atoms with E-state index >= 15 is 0 Å². The molecular formula is C19H31N5O4. The molecule has 0 saturated carbocycles. The molecule has 0 radical (unpaired) electrons. The lowest BCUT2D eigenvalue weighted by Crippen LogP contribution is -2.45. The SMILES string of the molecule is CC(C)(C)OC(=O)N1CCC(CN2CCC(n3cc([N+](=O)[O-])cn3)CC2)CC1. The summed E-state index contributed by atoms with van der Waals surface area (Å²) in [5.41, 5.74) is -0.396. The average Bonchev–Trinajstić information content (AvgIpc) is 3.12. The maximum Gasteiger partial charge on any atom is 0.410 e. The van der Waals surface area contributed by atoms with Crippen LogP contribution < -0.4 is 0 Å². The smallest absolute Gasteiger partial charge is 0.410 e. The van der Waals surface area contributed by atoms with Crippen LogP contribution in [0.3, 0.4) is 0 Å². The number of carbonyl (C=O) groups excluding carboxylic acids is 1. The van der Waals surface area contributed by atoms with Crippen LogP contribution in [-0.4, -0.2) is 68.9 Å². The molecule has 1 aromatic heterocycles. The van der Waals surface area contributed by atoms with E-state index in [9.17, 15) is 14.9 Å². The van der Waals surface area contributed by atoms with Crippen LogP contribution in [0.25, 0.3) is 0 Å². The summed E-state index contributed by atoms with van der Waals surface area (Å²) >= 11 is 0. The molecule has 0 aliphatic carbocycles. The average molecular weight is 393 g/mol. The lowest BCUT2D eigenvalue weighted by molar-refractivity contribution is -0.385. The summed E-state index contributed by atoms with van der Waals surface area (Å²) in [5.74, 6) is 0.598. The molecular weight excluding hydrogens is 362 g/mol. The minimum atomic E-state index is -0.451. The fraction of sp³-hybridized carbons (Fsp3) is 0.789. The van der Waals surface area contributed by atoms with Crippen LogP contribution in [0.5, 0.6) is 0 Å². The Kier molecular flexibility index (Phi) is 6.22. The molecule has 2 fully saturated rings. The van der Waals surface area contributed by atoms with E-state index in [1.807, 2.05) is 25.7 Å². The van der Waals surface area contributed by atoms with Crippen molar-refractivity contribution in [1.29, 1.82) is 0 Å². The van der Waals surface area contributed by atoms with Crippen molar-refractivity contribution in [3.05, 3.63) is 22.5 Å². The van der Waals surface area contributed by atoms with E-state index in [1.54, 1.807) is 4.68 Å². The highest BCUT2D eigenvalue weighted by atomic mass is 16.6. The topological polar surface area (TPSA) is 93.7 Å². The number of ether oxygens (including phenoxy) is 1. The van der Waals surface area contributed by atoms with Gasteiger partial charge in [0, 0.05) is 32.7 Å². The summed E-state index contributed by atoms with van der Waals surface area (Å²) in [7, 11) is 0. The zero-order chi connectivity index (χ0) is 20.3. The van der Waals surface area contributed by atoms with Crippen LogP contribution in [0.2, 0.25) is 0 Å². The molecule has 3 rings (SSSR count). The maximum atomic E-state index is 12.2. The Morgan fingerprint density at radius 1 is 1.21 bits per heavy atom. The minimum Gasteiger partial charge on any atom is -0.444 e. The molecule has 0 spiro atoms. The Morgan fingerprint density at radius 3 is 2.39 bits per heavy atom. The normalized spacial score (nSPS) is 20.3. The van der Waals surface area contributed by atoms with Crippen molar-refractivity contribution in [3.63, 3.8) is 0 Å². The lowest BCUT2D eigenvalue weighted by atomic mass is 9.95. The molecule has 0 bridgehead atoms. The summed E-state index contributed by atoms with van der Waals surface area (Å²) < 4.78 is 7.20. The van der Waals surface area contributed by atoms with Crippen LogP contribution in [-0.2, 0) is 4.74 Å². The number of aromatic nitrogens is 2. The van der Waals surface area contributed by atoms with Gasteiger partial charge in [-0.05, 0) is 52.4 Å². The number of nitro groups is 1. The van der Waals surface area contributed by atoms with E-state index in [4.69, 9.17) is 4.74 Å². The molecule has 9 heteroatoms. The van der Waals surface area contributed by atoms with Gasteiger partial charge in [-0.3, -0.25) is 14.8 Å². The molecule has 9 nitrogen and oxygen atoms in total. The summed E-state index contributed by atoms with van der Waals surface area (Å²) in [4.78, 5) is 26.9. The second-order valence-corrected chi connectivity index (χ2v) is 8.88. The number of hydrogen-bond donors (Lipinski definition) is 0. The summed E-state index contributed by atoms with van der Waals surface area (Å²) in [6, 6.07) is 0.235. The Morgan fingerprint density at radius 2 is 1.86 bits per heavy atom. The maximum absolute atomic E-state index is 12.2. The molecule has 2 aliphatic heterocycles. The van der Waals surface area contributed by atoms with E-state index in [0.717, 1.165) is 58.4 Å². The highest BCUT2D eigenvalue weighted by molar-refractivity contribution is 5.68. The van der Waals surface area contributed by atoms with E-state index in [2.05, 4.69) is 10.00 Å². The fourth-order valence-electron chi connectivity index (χ4n) is 3.98. The second-order valence-electron chi connectivity index (χ2n) is 8.88. The summed E-state index contributed by atoms with van der Waals surface area (Å²) in [5, 5.41) is 15.0. The molecule has 0 aromatic carbocycles. The minimum absolute atomic E-state index is 0.0548. The molecule has 2 saturated heterocycles. The monoisotopic (exact) mass is 393 g/mol. The van der Waals surface area contributed by atoms with Crippen molar-refractivity contribution in [1.82, 2.24) is 19.6 Å². The number of piperidine rings is 2. The van der Waals surface area contributed by atoms with Crippen molar-refractivity contribution in [2.45, 2.75) is 58.1 Å². The van der Waals surface area contributed by atoms with Crippen LogP contribution >= 0.6 is 0 Å².